The van der Waals surface area contributed by atoms with Crippen LogP contribution in [0.15, 0.2) is 0 Å². The summed E-state index contributed by atoms with van der Waals surface area (Å²) >= 11 is 0. The fourth-order valence-corrected chi connectivity index (χ4v) is 2.03. The molecule has 0 radical (unpaired) electrons. The largest absolute Gasteiger partial charge is 0.462 e. The third-order valence-electron chi connectivity index (χ3n) is 4.31. The van der Waals surface area contributed by atoms with Crippen LogP contribution in [0.2, 0.25) is 0 Å². The van der Waals surface area contributed by atoms with Gasteiger partial charge in [-0.15, -0.1) is 0 Å². The molecule has 1 saturated heterocycles. The highest BCUT2D eigenvalue weighted by atomic mass is 16.6. The third-order valence-corrected chi connectivity index (χ3v) is 4.31. The van der Waals surface area contributed by atoms with Gasteiger partial charge in [-0.05, 0) is 20.3 Å². The van der Waals surface area contributed by atoms with E-state index in [2.05, 4.69) is 0 Å². The van der Waals surface area contributed by atoms with Gasteiger partial charge >= 0.3 is 23.9 Å². The van der Waals surface area contributed by atoms with E-state index in [4.69, 9.17) is 18.9 Å². The molecule has 0 saturated carbocycles. The zero-order chi connectivity index (χ0) is 20.0. The molecule has 1 fully saturated rings. The lowest BCUT2D eigenvalue weighted by molar-refractivity contribution is -0.164. The minimum atomic E-state index is -0.965. The molecule has 0 aromatic rings. The van der Waals surface area contributed by atoms with Crippen molar-refractivity contribution in [1.82, 2.24) is 0 Å². The molecule has 0 bridgehead atoms. The van der Waals surface area contributed by atoms with Crippen molar-refractivity contribution in [2.45, 2.75) is 60.0 Å². The van der Waals surface area contributed by atoms with E-state index in [1.165, 1.54) is 0 Å². The molecule has 1 aliphatic rings. The van der Waals surface area contributed by atoms with Crippen LogP contribution in [0.4, 0.5) is 0 Å². The molecule has 8 nitrogen and oxygen atoms in total. The summed E-state index contributed by atoms with van der Waals surface area (Å²) in [6.45, 7) is 8.99. The second-order valence-corrected chi connectivity index (χ2v) is 7.56. The molecule has 1 aliphatic heterocycles. The summed E-state index contributed by atoms with van der Waals surface area (Å²) in [7, 11) is 0. The predicted molar refractivity (Wildman–Crippen MR) is 89.8 cm³/mol. The van der Waals surface area contributed by atoms with Gasteiger partial charge in [-0.2, -0.15) is 0 Å². The van der Waals surface area contributed by atoms with E-state index in [9.17, 15) is 19.2 Å². The number of carbonyl (C=O) groups excluding carboxylic acids is 4. The van der Waals surface area contributed by atoms with E-state index < -0.39 is 34.8 Å². The molecular formula is C18H28O8. The van der Waals surface area contributed by atoms with Gasteiger partial charge < -0.3 is 18.9 Å². The second kappa shape index (κ2) is 9.00. The Morgan fingerprint density at radius 2 is 1.69 bits per heavy atom. The predicted octanol–water partition coefficient (Wildman–Crippen LogP) is 1.78. The third kappa shape index (κ3) is 6.31. The number of esters is 4. The minimum Gasteiger partial charge on any atom is -0.462 e. The standard InChI is InChI=1S/C18H28O8/c1-6-17(2,3)16(22)24-10-9-23-12(19)7-8-13(20)26-14-15(21)25-11-18(14,4)5/h14H,6-11H2,1-5H3. The van der Waals surface area contributed by atoms with E-state index in [-0.39, 0.29) is 38.6 Å². The first-order valence-electron chi connectivity index (χ1n) is 8.68. The monoisotopic (exact) mass is 372 g/mol. The van der Waals surface area contributed by atoms with Gasteiger partial charge in [0, 0.05) is 5.41 Å². The molecule has 1 rings (SSSR count). The van der Waals surface area contributed by atoms with Crippen LogP contribution >= 0.6 is 0 Å². The van der Waals surface area contributed by atoms with Crippen molar-refractivity contribution in [3.05, 3.63) is 0 Å². The van der Waals surface area contributed by atoms with Crippen LogP contribution in [0.3, 0.4) is 0 Å². The fraction of sp³-hybridized carbons (Fsp3) is 0.778. The number of rotatable bonds is 9. The first-order valence-corrected chi connectivity index (χ1v) is 8.68. The molecular weight excluding hydrogens is 344 g/mol. The maximum Gasteiger partial charge on any atom is 0.348 e. The van der Waals surface area contributed by atoms with Gasteiger partial charge in [0.1, 0.15) is 19.8 Å². The van der Waals surface area contributed by atoms with Crippen LogP contribution in [-0.4, -0.2) is 49.8 Å². The Morgan fingerprint density at radius 3 is 2.23 bits per heavy atom. The topological polar surface area (TPSA) is 105 Å². The van der Waals surface area contributed by atoms with Crippen LogP contribution in [0.25, 0.3) is 0 Å². The Bertz CT molecular complexity index is 549. The van der Waals surface area contributed by atoms with Gasteiger partial charge in [-0.1, -0.05) is 20.8 Å². The molecule has 8 heteroatoms. The highest BCUT2D eigenvalue weighted by Gasteiger charge is 2.46. The molecule has 0 N–H and O–H groups in total. The molecule has 148 valence electrons. The van der Waals surface area contributed by atoms with E-state index in [0.29, 0.717) is 6.42 Å². The Morgan fingerprint density at radius 1 is 1.12 bits per heavy atom. The molecule has 0 aromatic heterocycles. The lowest BCUT2D eigenvalue weighted by atomic mass is 9.90. The first kappa shape index (κ1) is 21.9. The van der Waals surface area contributed by atoms with Crippen LogP contribution in [0.5, 0.6) is 0 Å². The summed E-state index contributed by atoms with van der Waals surface area (Å²) in [5.74, 6) is -2.22. The van der Waals surface area contributed by atoms with Crippen molar-refractivity contribution in [3.8, 4) is 0 Å². The number of carbonyl (C=O) groups is 4. The van der Waals surface area contributed by atoms with Crippen LogP contribution in [0, 0.1) is 10.8 Å². The number of hydrogen-bond acceptors (Lipinski definition) is 8. The highest BCUT2D eigenvalue weighted by Crippen LogP contribution is 2.31. The Kier molecular flexibility index (Phi) is 7.59. The molecule has 0 amide bonds. The SMILES string of the molecule is CCC(C)(C)C(=O)OCCOC(=O)CCC(=O)OC1C(=O)OCC1(C)C. The van der Waals surface area contributed by atoms with Gasteiger partial charge in [-0.25, -0.2) is 4.79 Å². The van der Waals surface area contributed by atoms with Gasteiger partial charge in [0.15, 0.2) is 0 Å². The minimum absolute atomic E-state index is 0.0411. The van der Waals surface area contributed by atoms with Gasteiger partial charge in [0.2, 0.25) is 6.10 Å². The lowest BCUT2D eigenvalue weighted by Crippen LogP contribution is -2.35. The van der Waals surface area contributed by atoms with Gasteiger partial charge in [0.05, 0.1) is 18.3 Å². The molecule has 1 atom stereocenters. The van der Waals surface area contributed by atoms with E-state index in [0.717, 1.165) is 0 Å². The zero-order valence-corrected chi connectivity index (χ0v) is 16.1. The van der Waals surface area contributed by atoms with Crippen LogP contribution in [-0.2, 0) is 38.1 Å². The molecule has 1 heterocycles. The highest BCUT2D eigenvalue weighted by molar-refractivity contribution is 5.83. The Balaban J connectivity index is 2.23. The van der Waals surface area contributed by atoms with E-state index in [1.807, 2.05) is 6.92 Å². The summed E-state index contributed by atoms with van der Waals surface area (Å²) in [5.41, 5.74) is -1.17. The first-order chi connectivity index (χ1) is 12.0. The molecule has 1 unspecified atom stereocenters. The van der Waals surface area contributed by atoms with Crippen molar-refractivity contribution >= 4 is 23.9 Å². The Hall–Kier alpha value is -2.12. The molecule has 26 heavy (non-hydrogen) atoms. The van der Waals surface area contributed by atoms with Crippen molar-refractivity contribution < 1.29 is 38.1 Å². The average molecular weight is 372 g/mol. The average Bonchev–Trinajstić information content (AvgIpc) is 2.83. The maximum absolute atomic E-state index is 11.8. The summed E-state index contributed by atoms with van der Waals surface area (Å²) in [6.07, 6.45) is -0.720. The summed E-state index contributed by atoms with van der Waals surface area (Å²) in [5, 5.41) is 0. The van der Waals surface area contributed by atoms with E-state index in [1.54, 1.807) is 27.7 Å². The van der Waals surface area contributed by atoms with Crippen molar-refractivity contribution in [2.75, 3.05) is 19.8 Å². The van der Waals surface area contributed by atoms with Gasteiger partial charge in [-0.3, -0.25) is 14.4 Å². The van der Waals surface area contributed by atoms with Crippen molar-refractivity contribution in [2.24, 2.45) is 10.8 Å². The maximum atomic E-state index is 11.8. The van der Waals surface area contributed by atoms with Crippen molar-refractivity contribution in [1.29, 1.82) is 0 Å². The number of cyclic esters (lactones) is 1. The summed E-state index contributed by atoms with van der Waals surface area (Å²) in [4.78, 5) is 46.7. The van der Waals surface area contributed by atoms with Crippen LogP contribution in [0.1, 0.15) is 53.9 Å². The quantitative estimate of drug-likeness (QED) is 0.343. The zero-order valence-electron chi connectivity index (χ0n) is 16.1. The molecule has 0 aliphatic carbocycles. The van der Waals surface area contributed by atoms with Crippen molar-refractivity contribution in [3.63, 3.8) is 0 Å². The Labute approximate surface area is 153 Å². The smallest absolute Gasteiger partial charge is 0.348 e. The van der Waals surface area contributed by atoms with Gasteiger partial charge in [0.25, 0.3) is 0 Å². The normalized spacial score (nSPS) is 18.8. The summed E-state index contributed by atoms with van der Waals surface area (Å²) < 4.78 is 19.9. The van der Waals surface area contributed by atoms with Crippen LogP contribution < -0.4 is 0 Å². The van der Waals surface area contributed by atoms with E-state index >= 15 is 0 Å². The molecule has 0 aromatic carbocycles. The molecule has 0 spiro atoms. The summed E-state index contributed by atoms with van der Waals surface area (Å²) in [6, 6.07) is 0. The lowest BCUT2D eigenvalue weighted by Gasteiger charge is -2.21. The fourth-order valence-electron chi connectivity index (χ4n) is 2.03. The number of ether oxygens (including phenoxy) is 4. The second-order valence-electron chi connectivity index (χ2n) is 7.56. The number of hydrogen-bond donors (Lipinski definition) is 0.